The Balaban J connectivity index is 1.77. The Morgan fingerprint density at radius 1 is 1.04 bits per heavy atom. The fourth-order valence-electron chi connectivity index (χ4n) is 2.57. The quantitative estimate of drug-likeness (QED) is 0.712. The van der Waals surface area contributed by atoms with Gasteiger partial charge in [-0.3, -0.25) is 4.79 Å². The maximum atomic E-state index is 12.3. The summed E-state index contributed by atoms with van der Waals surface area (Å²) in [4.78, 5) is 14.5. The lowest BCUT2D eigenvalue weighted by molar-refractivity contribution is 0.0951. The van der Waals surface area contributed by atoms with Crippen molar-refractivity contribution in [3.63, 3.8) is 0 Å². The van der Waals surface area contributed by atoms with E-state index in [4.69, 9.17) is 9.47 Å². The third kappa shape index (κ3) is 6.12. The summed E-state index contributed by atoms with van der Waals surface area (Å²) < 4.78 is 10.4. The van der Waals surface area contributed by atoms with Gasteiger partial charge in [-0.2, -0.15) is 0 Å². The van der Waals surface area contributed by atoms with Crippen molar-refractivity contribution in [3.05, 3.63) is 59.7 Å². The Labute approximate surface area is 149 Å². The SMILES string of the molecule is COc1cc(OC)cc(C(=O)NCCCN(C)Cc2ccccc2)c1. The van der Waals surface area contributed by atoms with Crippen molar-refractivity contribution in [1.29, 1.82) is 0 Å². The van der Waals surface area contributed by atoms with Crippen molar-refractivity contribution < 1.29 is 14.3 Å². The van der Waals surface area contributed by atoms with Gasteiger partial charge in [0.2, 0.25) is 0 Å². The molecular weight excluding hydrogens is 316 g/mol. The molecule has 0 aliphatic rings. The Morgan fingerprint density at radius 2 is 1.68 bits per heavy atom. The van der Waals surface area contributed by atoms with E-state index in [1.165, 1.54) is 5.56 Å². The largest absolute Gasteiger partial charge is 0.497 e. The van der Waals surface area contributed by atoms with Crippen molar-refractivity contribution in [2.45, 2.75) is 13.0 Å². The number of nitrogens with zero attached hydrogens (tertiary/aromatic N) is 1. The van der Waals surface area contributed by atoms with Gasteiger partial charge < -0.3 is 19.7 Å². The van der Waals surface area contributed by atoms with Crippen LogP contribution in [0, 0.1) is 0 Å². The van der Waals surface area contributed by atoms with Crippen molar-refractivity contribution in [1.82, 2.24) is 10.2 Å². The van der Waals surface area contributed by atoms with Crippen LogP contribution in [-0.2, 0) is 6.54 Å². The molecule has 0 aromatic heterocycles. The molecule has 2 rings (SSSR count). The highest BCUT2D eigenvalue weighted by Gasteiger charge is 2.09. The van der Waals surface area contributed by atoms with Gasteiger partial charge in [-0.1, -0.05) is 30.3 Å². The molecule has 0 unspecified atom stereocenters. The number of hydrogen-bond acceptors (Lipinski definition) is 4. The maximum Gasteiger partial charge on any atom is 0.251 e. The monoisotopic (exact) mass is 342 g/mol. The van der Waals surface area contributed by atoms with Crippen molar-refractivity contribution in [2.24, 2.45) is 0 Å². The molecule has 0 saturated carbocycles. The summed E-state index contributed by atoms with van der Waals surface area (Å²) in [6.45, 7) is 2.44. The number of nitrogens with one attached hydrogen (secondary N) is 1. The number of benzene rings is 2. The Kier molecular flexibility index (Phi) is 7.29. The molecule has 0 heterocycles. The molecule has 0 fully saturated rings. The third-order valence-electron chi connectivity index (χ3n) is 3.91. The highest BCUT2D eigenvalue weighted by molar-refractivity contribution is 5.95. The lowest BCUT2D eigenvalue weighted by Crippen LogP contribution is -2.28. The first kappa shape index (κ1) is 18.8. The van der Waals surface area contributed by atoms with Crippen LogP contribution in [0.3, 0.4) is 0 Å². The molecule has 0 aliphatic heterocycles. The predicted octanol–water partition coefficient (Wildman–Crippen LogP) is 2.96. The predicted molar refractivity (Wildman–Crippen MR) is 99.3 cm³/mol. The first-order valence-corrected chi connectivity index (χ1v) is 8.36. The number of methoxy groups -OCH3 is 2. The van der Waals surface area contributed by atoms with Gasteiger partial charge in [0.05, 0.1) is 14.2 Å². The van der Waals surface area contributed by atoms with Crippen LogP contribution in [0.4, 0.5) is 0 Å². The molecule has 1 amide bonds. The maximum absolute atomic E-state index is 12.3. The van der Waals surface area contributed by atoms with Crippen LogP contribution < -0.4 is 14.8 Å². The fourth-order valence-corrected chi connectivity index (χ4v) is 2.57. The normalized spacial score (nSPS) is 10.6. The molecule has 2 aromatic carbocycles. The summed E-state index contributed by atoms with van der Waals surface area (Å²) >= 11 is 0. The Morgan fingerprint density at radius 3 is 2.28 bits per heavy atom. The third-order valence-corrected chi connectivity index (χ3v) is 3.91. The zero-order valence-electron chi connectivity index (χ0n) is 15.1. The van der Waals surface area contributed by atoms with Gasteiger partial charge in [0.1, 0.15) is 11.5 Å². The van der Waals surface area contributed by atoms with Crippen LogP contribution in [0.5, 0.6) is 11.5 Å². The lowest BCUT2D eigenvalue weighted by atomic mass is 10.2. The van der Waals surface area contributed by atoms with Crippen LogP contribution >= 0.6 is 0 Å². The van der Waals surface area contributed by atoms with E-state index in [1.54, 1.807) is 32.4 Å². The van der Waals surface area contributed by atoms with Crippen LogP contribution in [0.15, 0.2) is 48.5 Å². The molecule has 0 saturated heterocycles. The molecule has 0 atom stereocenters. The average Bonchev–Trinajstić information content (AvgIpc) is 2.65. The average molecular weight is 342 g/mol. The fraction of sp³-hybridized carbons (Fsp3) is 0.350. The number of rotatable bonds is 9. The van der Waals surface area contributed by atoms with E-state index >= 15 is 0 Å². The van der Waals surface area contributed by atoms with E-state index in [1.807, 2.05) is 18.2 Å². The minimum absolute atomic E-state index is 0.122. The van der Waals surface area contributed by atoms with E-state index < -0.39 is 0 Å². The topological polar surface area (TPSA) is 50.8 Å². The van der Waals surface area contributed by atoms with Gasteiger partial charge in [0.25, 0.3) is 5.91 Å². The molecule has 5 nitrogen and oxygen atoms in total. The number of carbonyl (C=O) groups excluding carboxylic acids is 1. The highest BCUT2D eigenvalue weighted by atomic mass is 16.5. The minimum Gasteiger partial charge on any atom is -0.497 e. The van der Waals surface area contributed by atoms with Gasteiger partial charge in [0, 0.05) is 24.7 Å². The molecular formula is C20H26N2O3. The summed E-state index contributed by atoms with van der Waals surface area (Å²) in [6.07, 6.45) is 0.885. The van der Waals surface area contributed by atoms with Crippen molar-refractivity contribution in [3.8, 4) is 11.5 Å². The first-order valence-electron chi connectivity index (χ1n) is 8.36. The van der Waals surface area contributed by atoms with Crippen LogP contribution in [0.25, 0.3) is 0 Å². The van der Waals surface area contributed by atoms with Gasteiger partial charge >= 0.3 is 0 Å². The molecule has 2 aromatic rings. The zero-order chi connectivity index (χ0) is 18.1. The summed E-state index contributed by atoms with van der Waals surface area (Å²) in [6, 6.07) is 15.5. The molecule has 0 spiro atoms. The van der Waals surface area contributed by atoms with Crippen LogP contribution in [0.2, 0.25) is 0 Å². The van der Waals surface area contributed by atoms with Gasteiger partial charge in [-0.05, 0) is 37.7 Å². The minimum atomic E-state index is -0.122. The second-order valence-corrected chi connectivity index (χ2v) is 5.93. The lowest BCUT2D eigenvalue weighted by Gasteiger charge is -2.16. The number of ether oxygens (including phenoxy) is 2. The summed E-state index contributed by atoms with van der Waals surface area (Å²) in [5, 5.41) is 2.94. The van der Waals surface area contributed by atoms with Gasteiger partial charge in [-0.15, -0.1) is 0 Å². The molecule has 25 heavy (non-hydrogen) atoms. The summed E-state index contributed by atoms with van der Waals surface area (Å²) in [5.74, 6) is 1.09. The van der Waals surface area contributed by atoms with Crippen molar-refractivity contribution >= 4 is 5.91 Å². The Hall–Kier alpha value is -2.53. The van der Waals surface area contributed by atoms with E-state index in [9.17, 15) is 4.79 Å². The number of hydrogen-bond donors (Lipinski definition) is 1. The number of amides is 1. The molecule has 1 N–H and O–H groups in total. The van der Waals surface area contributed by atoms with E-state index in [0.717, 1.165) is 19.5 Å². The molecule has 0 radical (unpaired) electrons. The number of carbonyl (C=O) groups is 1. The smallest absolute Gasteiger partial charge is 0.251 e. The molecule has 0 bridgehead atoms. The van der Waals surface area contributed by atoms with Crippen molar-refractivity contribution in [2.75, 3.05) is 34.4 Å². The van der Waals surface area contributed by atoms with Gasteiger partial charge in [-0.25, -0.2) is 0 Å². The molecule has 134 valence electrons. The second-order valence-electron chi connectivity index (χ2n) is 5.93. The van der Waals surface area contributed by atoms with Gasteiger partial charge in [0.15, 0.2) is 0 Å². The van der Waals surface area contributed by atoms with Crippen LogP contribution in [0.1, 0.15) is 22.3 Å². The molecule has 5 heteroatoms. The summed E-state index contributed by atoms with van der Waals surface area (Å²) in [5.41, 5.74) is 1.83. The zero-order valence-corrected chi connectivity index (χ0v) is 15.1. The highest BCUT2D eigenvalue weighted by Crippen LogP contribution is 2.22. The van der Waals surface area contributed by atoms with E-state index in [2.05, 4.69) is 29.4 Å². The van der Waals surface area contributed by atoms with E-state index in [0.29, 0.717) is 23.6 Å². The first-order chi connectivity index (χ1) is 12.1. The van der Waals surface area contributed by atoms with Crippen LogP contribution in [-0.4, -0.2) is 45.2 Å². The standard InChI is InChI=1S/C20H26N2O3/c1-22(15-16-8-5-4-6-9-16)11-7-10-21-20(23)17-12-18(24-2)14-19(13-17)25-3/h4-6,8-9,12-14H,7,10-11,15H2,1-3H3,(H,21,23). The summed E-state index contributed by atoms with van der Waals surface area (Å²) in [7, 11) is 5.22. The molecule has 0 aliphatic carbocycles. The van der Waals surface area contributed by atoms with E-state index in [-0.39, 0.29) is 5.91 Å². The Bertz CT molecular complexity index is 652. The second kappa shape index (κ2) is 9.69.